The second-order valence-electron chi connectivity index (χ2n) is 4.94. The number of methoxy groups -OCH3 is 1. The Morgan fingerprint density at radius 3 is 2.38 bits per heavy atom. The number of carboxylic acids is 1. The minimum absolute atomic E-state index is 0.0169. The number of aromatic nitrogens is 2. The summed E-state index contributed by atoms with van der Waals surface area (Å²) in [5.74, 6) is -0.301. The Labute approximate surface area is 131 Å². The first-order valence-corrected chi connectivity index (χ1v) is 7.19. The molecule has 0 amide bonds. The molecule has 0 atom stereocenters. The van der Waals surface area contributed by atoms with Gasteiger partial charge in [0, 0.05) is 17.1 Å². The van der Waals surface area contributed by atoms with Crippen LogP contribution in [0.25, 0.3) is 11.3 Å². The Morgan fingerprint density at radius 1 is 1.29 bits per heavy atom. The van der Waals surface area contributed by atoms with Crippen LogP contribution in [0.4, 0.5) is 0 Å². The van der Waals surface area contributed by atoms with Gasteiger partial charge in [0.05, 0.1) is 12.8 Å². The number of carboxylic acid groups (broad SMARTS) is 1. The lowest BCUT2D eigenvalue weighted by Gasteiger charge is -2.18. The molecule has 0 saturated carbocycles. The van der Waals surface area contributed by atoms with Crippen LogP contribution in [0.3, 0.4) is 0 Å². The number of hydrogen-bond acceptors (Lipinski definition) is 3. The van der Waals surface area contributed by atoms with Crippen molar-refractivity contribution in [1.82, 2.24) is 9.78 Å². The fourth-order valence-electron chi connectivity index (χ4n) is 2.45. The number of ether oxygens (including phenoxy) is 1. The highest BCUT2D eigenvalue weighted by Crippen LogP contribution is 2.42. The van der Waals surface area contributed by atoms with Gasteiger partial charge in [-0.05, 0) is 43.5 Å². The SMILES string of the molecule is COc1c(C)c(C)c(Br)c(C)c1-c1cc(C(=O)O)nn1C. The molecule has 1 aromatic carbocycles. The Balaban J connectivity index is 2.83. The number of aromatic carboxylic acids is 1. The van der Waals surface area contributed by atoms with Crippen LogP contribution in [-0.4, -0.2) is 28.0 Å². The van der Waals surface area contributed by atoms with Gasteiger partial charge in [-0.2, -0.15) is 5.10 Å². The number of rotatable bonds is 3. The molecule has 0 unspecified atom stereocenters. The molecule has 2 aromatic rings. The van der Waals surface area contributed by atoms with Crippen LogP contribution >= 0.6 is 15.9 Å². The maximum Gasteiger partial charge on any atom is 0.356 e. The van der Waals surface area contributed by atoms with E-state index in [4.69, 9.17) is 9.84 Å². The van der Waals surface area contributed by atoms with Gasteiger partial charge < -0.3 is 9.84 Å². The normalized spacial score (nSPS) is 10.8. The van der Waals surface area contributed by atoms with Crippen molar-refractivity contribution >= 4 is 21.9 Å². The molecular weight excluding hydrogens is 336 g/mol. The summed E-state index contributed by atoms with van der Waals surface area (Å²) < 4.78 is 8.12. The van der Waals surface area contributed by atoms with Gasteiger partial charge in [-0.1, -0.05) is 15.9 Å². The van der Waals surface area contributed by atoms with Crippen molar-refractivity contribution in [3.63, 3.8) is 0 Å². The maximum absolute atomic E-state index is 11.1. The van der Waals surface area contributed by atoms with E-state index in [0.29, 0.717) is 5.69 Å². The van der Waals surface area contributed by atoms with Crippen molar-refractivity contribution in [3.05, 3.63) is 32.9 Å². The van der Waals surface area contributed by atoms with Crippen LogP contribution in [0.2, 0.25) is 0 Å². The molecule has 0 aliphatic rings. The smallest absolute Gasteiger partial charge is 0.356 e. The van der Waals surface area contributed by atoms with Crippen LogP contribution < -0.4 is 4.74 Å². The number of halogens is 1. The van der Waals surface area contributed by atoms with Gasteiger partial charge in [-0.15, -0.1) is 0 Å². The molecule has 1 heterocycles. The van der Waals surface area contributed by atoms with Crippen molar-refractivity contribution < 1.29 is 14.6 Å². The summed E-state index contributed by atoms with van der Waals surface area (Å²) >= 11 is 3.60. The summed E-state index contributed by atoms with van der Waals surface area (Å²) in [6, 6.07) is 1.56. The first kappa shape index (κ1) is 15.6. The molecule has 2 rings (SSSR count). The van der Waals surface area contributed by atoms with Gasteiger partial charge in [0.15, 0.2) is 5.69 Å². The molecule has 21 heavy (non-hydrogen) atoms. The average molecular weight is 353 g/mol. The van der Waals surface area contributed by atoms with Gasteiger partial charge in [0.25, 0.3) is 0 Å². The molecule has 0 bridgehead atoms. The number of nitrogens with zero attached hydrogens (tertiary/aromatic N) is 2. The zero-order valence-corrected chi connectivity index (χ0v) is 14.2. The minimum Gasteiger partial charge on any atom is -0.496 e. The molecule has 0 radical (unpaired) electrons. The molecule has 112 valence electrons. The summed E-state index contributed by atoms with van der Waals surface area (Å²) in [6.45, 7) is 5.97. The summed E-state index contributed by atoms with van der Waals surface area (Å²) in [7, 11) is 3.34. The molecule has 0 saturated heterocycles. The van der Waals surface area contributed by atoms with Crippen LogP contribution in [0.1, 0.15) is 27.2 Å². The number of aryl methyl sites for hydroxylation is 1. The molecule has 6 heteroatoms. The molecule has 0 spiro atoms. The standard InChI is InChI=1S/C15H17BrN2O3/c1-7-8(2)14(21-5)12(9(3)13(7)16)11-6-10(15(19)20)17-18(11)4/h6H,1-5H3,(H,19,20). The molecule has 1 aromatic heterocycles. The van der Waals surface area contributed by atoms with Crippen molar-refractivity contribution in [3.8, 4) is 17.0 Å². The van der Waals surface area contributed by atoms with Crippen LogP contribution in [0.15, 0.2) is 10.5 Å². The van der Waals surface area contributed by atoms with Crippen LogP contribution in [-0.2, 0) is 7.05 Å². The van der Waals surface area contributed by atoms with E-state index in [-0.39, 0.29) is 5.69 Å². The van der Waals surface area contributed by atoms with Gasteiger partial charge in [-0.25, -0.2) is 4.79 Å². The lowest BCUT2D eigenvalue weighted by atomic mass is 9.96. The highest BCUT2D eigenvalue weighted by molar-refractivity contribution is 9.10. The molecule has 0 fully saturated rings. The van der Waals surface area contributed by atoms with E-state index < -0.39 is 5.97 Å². The number of benzene rings is 1. The maximum atomic E-state index is 11.1. The fraction of sp³-hybridized carbons (Fsp3) is 0.333. The first-order chi connectivity index (χ1) is 9.79. The van der Waals surface area contributed by atoms with E-state index >= 15 is 0 Å². The number of hydrogen-bond donors (Lipinski definition) is 1. The monoisotopic (exact) mass is 352 g/mol. The second kappa shape index (κ2) is 5.52. The van der Waals surface area contributed by atoms with E-state index in [1.807, 2.05) is 20.8 Å². The lowest BCUT2D eigenvalue weighted by molar-refractivity contribution is 0.0689. The predicted molar refractivity (Wildman–Crippen MR) is 84.1 cm³/mol. The summed E-state index contributed by atoms with van der Waals surface area (Å²) in [5.41, 5.74) is 4.70. The van der Waals surface area contributed by atoms with Crippen molar-refractivity contribution in [2.75, 3.05) is 7.11 Å². The van der Waals surface area contributed by atoms with E-state index in [1.54, 1.807) is 24.9 Å². The molecular formula is C15H17BrN2O3. The second-order valence-corrected chi connectivity index (χ2v) is 5.73. The zero-order chi connectivity index (χ0) is 15.9. The average Bonchev–Trinajstić information content (AvgIpc) is 2.82. The third-order valence-electron chi connectivity index (χ3n) is 3.72. The van der Waals surface area contributed by atoms with E-state index in [9.17, 15) is 4.79 Å². The lowest BCUT2D eigenvalue weighted by Crippen LogP contribution is -2.02. The molecule has 1 N–H and O–H groups in total. The van der Waals surface area contributed by atoms with Crippen LogP contribution in [0, 0.1) is 20.8 Å². The Bertz CT molecular complexity index is 735. The Hall–Kier alpha value is -1.82. The van der Waals surface area contributed by atoms with Crippen molar-refractivity contribution in [2.24, 2.45) is 7.05 Å². The van der Waals surface area contributed by atoms with Crippen molar-refractivity contribution in [2.45, 2.75) is 20.8 Å². The fourth-order valence-corrected chi connectivity index (χ4v) is 2.95. The van der Waals surface area contributed by atoms with Gasteiger partial charge in [-0.3, -0.25) is 4.68 Å². The molecule has 5 nitrogen and oxygen atoms in total. The van der Waals surface area contributed by atoms with Gasteiger partial charge in [0.1, 0.15) is 5.75 Å². The highest BCUT2D eigenvalue weighted by Gasteiger charge is 2.22. The third kappa shape index (κ3) is 2.44. The zero-order valence-electron chi connectivity index (χ0n) is 12.6. The van der Waals surface area contributed by atoms with Gasteiger partial charge >= 0.3 is 5.97 Å². The largest absolute Gasteiger partial charge is 0.496 e. The summed E-state index contributed by atoms with van der Waals surface area (Å²) in [5, 5.41) is 13.1. The third-order valence-corrected chi connectivity index (χ3v) is 4.91. The van der Waals surface area contributed by atoms with E-state index in [2.05, 4.69) is 21.0 Å². The van der Waals surface area contributed by atoms with Gasteiger partial charge in [0.2, 0.25) is 0 Å². The summed E-state index contributed by atoms with van der Waals surface area (Å²) in [4.78, 5) is 11.1. The Morgan fingerprint density at radius 2 is 1.90 bits per heavy atom. The molecule has 0 aliphatic heterocycles. The Kier molecular flexibility index (Phi) is 4.09. The molecule has 0 aliphatic carbocycles. The van der Waals surface area contributed by atoms with E-state index in [1.165, 1.54) is 0 Å². The summed E-state index contributed by atoms with van der Waals surface area (Å²) in [6.07, 6.45) is 0. The number of carbonyl (C=O) groups is 1. The minimum atomic E-state index is -1.05. The quantitative estimate of drug-likeness (QED) is 0.918. The topological polar surface area (TPSA) is 64.3 Å². The predicted octanol–water partition coefficient (Wildman–Crippen LogP) is 3.48. The highest BCUT2D eigenvalue weighted by atomic mass is 79.9. The van der Waals surface area contributed by atoms with E-state index in [0.717, 1.165) is 32.5 Å². The van der Waals surface area contributed by atoms with Crippen molar-refractivity contribution in [1.29, 1.82) is 0 Å². The first-order valence-electron chi connectivity index (χ1n) is 6.40. The van der Waals surface area contributed by atoms with Crippen LogP contribution in [0.5, 0.6) is 5.75 Å².